The maximum atomic E-state index is 9.01. The third-order valence-electron chi connectivity index (χ3n) is 2.44. The minimum Gasteiger partial charge on any atom is -0.192 e. The fraction of sp³-hybridized carbons (Fsp3) is 0.400. The minimum absolute atomic E-state index is 0.674. The zero-order valence-electron chi connectivity index (χ0n) is 10.3. The van der Waals surface area contributed by atoms with E-state index in [9.17, 15) is 0 Å². The number of rotatable bonds is 4. The van der Waals surface area contributed by atoms with Crippen molar-refractivity contribution in [1.82, 2.24) is 0 Å². The van der Waals surface area contributed by atoms with Crippen molar-refractivity contribution < 1.29 is 0 Å². The molecule has 0 aliphatic rings. The van der Waals surface area contributed by atoms with Crippen LogP contribution in [0.1, 0.15) is 38.3 Å². The van der Waals surface area contributed by atoms with E-state index in [4.69, 9.17) is 5.26 Å². The summed E-state index contributed by atoms with van der Waals surface area (Å²) >= 11 is 0. The van der Waals surface area contributed by atoms with Crippen molar-refractivity contribution >= 4 is 5.57 Å². The van der Waals surface area contributed by atoms with Gasteiger partial charge in [-0.25, -0.2) is 0 Å². The molecule has 0 heterocycles. The predicted molar refractivity (Wildman–Crippen MR) is 68.9 cm³/mol. The van der Waals surface area contributed by atoms with E-state index < -0.39 is 0 Å². The molecule has 0 bridgehead atoms. The van der Waals surface area contributed by atoms with Crippen LogP contribution < -0.4 is 0 Å². The number of nitrogens with zero attached hydrogens (tertiary/aromatic N) is 1. The van der Waals surface area contributed by atoms with Crippen LogP contribution in [0, 0.1) is 17.2 Å². The predicted octanol–water partition coefficient (Wildman–Crippen LogP) is 4.20. The number of nitriles is 1. The van der Waals surface area contributed by atoms with Gasteiger partial charge in [-0.15, -0.1) is 0 Å². The molecule has 16 heavy (non-hydrogen) atoms. The van der Waals surface area contributed by atoms with Crippen molar-refractivity contribution in [3.63, 3.8) is 0 Å². The monoisotopic (exact) mass is 213 g/mol. The molecular formula is C15H19N. The second-order valence-electron chi connectivity index (χ2n) is 4.43. The molecule has 1 aromatic rings. The van der Waals surface area contributed by atoms with Gasteiger partial charge in [0, 0.05) is 0 Å². The second-order valence-corrected chi connectivity index (χ2v) is 4.43. The van der Waals surface area contributed by atoms with Crippen LogP contribution >= 0.6 is 0 Å². The summed E-state index contributed by atoms with van der Waals surface area (Å²) in [7, 11) is 0. The molecule has 0 saturated carbocycles. The standard InChI is InChI=1S/C15H19N/c1-4-5-15(11-16)14-8-6-13(7-9-14)10-12(2)3/h5-9,12H,4,10H2,1-3H3/b15-5+. The van der Waals surface area contributed by atoms with Crippen molar-refractivity contribution in [1.29, 1.82) is 5.26 Å². The highest BCUT2D eigenvalue weighted by atomic mass is 14.2. The summed E-state index contributed by atoms with van der Waals surface area (Å²) in [5, 5.41) is 9.01. The Morgan fingerprint density at radius 3 is 2.38 bits per heavy atom. The molecule has 84 valence electrons. The third kappa shape index (κ3) is 3.55. The van der Waals surface area contributed by atoms with Crippen LogP contribution in [0.5, 0.6) is 0 Å². The molecule has 1 heteroatoms. The van der Waals surface area contributed by atoms with E-state index >= 15 is 0 Å². The fourth-order valence-electron chi connectivity index (χ4n) is 1.72. The lowest BCUT2D eigenvalue weighted by Gasteiger charge is -2.05. The Hall–Kier alpha value is -1.55. The van der Waals surface area contributed by atoms with Crippen LogP contribution in [0.15, 0.2) is 30.3 Å². The van der Waals surface area contributed by atoms with Crippen LogP contribution in [0.4, 0.5) is 0 Å². The zero-order chi connectivity index (χ0) is 12.0. The van der Waals surface area contributed by atoms with Gasteiger partial charge in [-0.1, -0.05) is 51.1 Å². The van der Waals surface area contributed by atoms with Gasteiger partial charge < -0.3 is 0 Å². The minimum atomic E-state index is 0.674. The summed E-state index contributed by atoms with van der Waals surface area (Å²) in [4.78, 5) is 0. The Kier molecular flexibility index (Phi) is 4.79. The lowest BCUT2D eigenvalue weighted by atomic mass is 9.99. The lowest BCUT2D eigenvalue weighted by molar-refractivity contribution is 0.647. The van der Waals surface area contributed by atoms with Crippen molar-refractivity contribution in [3.8, 4) is 6.07 Å². The number of benzene rings is 1. The number of hydrogen-bond donors (Lipinski definition) is 0. The SMILES string of the molecule is CC/C=C(\C#N)c1ccc(CC(C)C)cc1. The summed E-state index contributed by atoms with van der Waals surface area (Å²) in [6.45, 7) is 6.47. The Balaban J connectivity index is 2.86. The first-order valence-corrected chi connectivity index (χ1v) is 5.87. The van der Waals surface area contributed by atoms with E-state index in [0.717, 1.165) is 24.0 Å². The fourth-order valence-corrected chi connectivity index (χ4v) is 1.72. The lowest BCUT2D eigenvalue weighted by Crippen LogP contribution is -1.93. The van der Waals surface area contributed by atoms with Crippen molar-refractivity contribution in [2.45, 2.75) is 33.6 Å². The van der Waals surface area contributed by atoms with Gasteiger partial charge in [0.25, 0.3) is 0 Å². The molecule has 0 aliphatic carbocycles. The van der Waals surface area contributed by atoms with Crippen LogP contribution in [0.25, 0.3) is 5.57 Å². The zero-order valence-corrected chi connectivity index (χ0v) is 10.3. The van der Waals surface area contributed by atoms with Crippen LogP contribution in [-0.4, -0.2) is 0 Å². The number of hydrogen-bond acceptors (Lipinski definition) is 1. The second kappa shape index (κ2) is 6.12. The first kappa shape index (κ1) is 12.5. The molecule has 0 spiro atoms. The molecule has 1 nitrogen and oxygen atoms in total. The van der Waals surface area contributed by atoms with Crippen LogP contribution in [-0.2, 0) is 6.42 Å². The van der Waals surface area contributed by atoms with Crippen molar-refractivity contribution in [3.05, 3.63) is 41.5 Å². The average molecular weight is 213 g/mol. The first-order chi connectivity index (χ1) is 7.67. The van der Waals surface area contributed by atoms with Gasteiger partial charge in [0.05, 0.1) is 11.6 Å². The van der Waals surface area contributed by atoms with E-state index in [1.165, 1.54) is 5.56 Å². The topological polar surface area (TPSA) is 23.8 Å². The highest BCUT2D eigenvalue weighted by Crippen LogP contribution is 2.16. The normalized spacial score (nSPS) is 11.6. The van der Waals surface area contributed by atoms with Gasteiger partial charge in [0.15, 0.2) is 0 Å². The van der Waals surface area contributed by atoms with E-state index in [1.807, 2.05) is 25.1 Å². The highest BCUT2D eigenvalue weighted by Gasteiger charge is 2.01. The maximum Gasteiger partial charge on any atom is 0.0994 e. The molecule has 0 aromatic heterocycles. The summed E-state index contributed by atoms with van der Waals surface area (Å²) in [5.74, 6) is 0.674. The van der Waals surface area contributed by atoms with Gasteiger partial charge in [0.2, 0.25) is 0 Å². The van der Waals surface area contributed by atoms with Gasteiger partial charge in [-0.2, -0.15) is 5.26 Å². The number of allylic oxidation sites excluding steroid dienone is 2. The largest absolute Gasteiger partial charge is 0.192 e. The van der Waals surface area contributed by atoms with E-state index in [-0.39, 0.29) is 0 Å². The molecular weight excluding hydrogens is 194 g/mol. The average Bonchev–Trinajstić information content (AvgIpc) is 2.26. The Morgan fingerprint density at radius 2 is 1.94 bits per heavy atom. The third-order valence-corrected chi connectivity index (χ3v) is 2.44. The molecule has 0 unspecified atom stereocenters. The van der Waals surface area contributed by atoms with E-state index in [0.29, 0.717) is 5.92 Å². The maximum absolute atomic E-state index is 9.01. The van der Waals surface area contributed by atoms with Gasteiger partial charge in [-0.3, -0.25) is 0 Å². The quantitative estimate of drug-likeness (QED) is 0.687. The van der Waals surface area contributed by atoms with Crippen molar-refractivity contribution in [2.24, 2.45) is 5.92 Å². The Labute approximate surface area is 98.4 Å². The highest BCUT2D eigenvalue weighted by molar-refractivity contribution is 5.76. The van der Waals surface area contributed by atoms with Crippen LogP contribution in [0.2, 0.25) is 0 Å². The first-order valence-electron chi connectivity index (χ1n) is 5.87. The molecule has 0 radical (unpaired) electrons. The molecule has 0 atom stereocenters. The summed E-state index contributed by atoms with van der Waals surface area (Å²) < 4.78 is 0. The van der Waals surface area contributed by atoms with E-state index in [1.54, 1.807) is 0 Å². The molecule has 0 fully saturated rings. The molecule has 0 amide bonds. The van der Waals surface area contributed by atoms with Gasteiger partial charge in [0.1, 0.15) is 0 Å². The summed E-state index contributed by atoms with van der Waals surface area (Å²) in [5.41, 5.74) is 3.14. The molecule has 0 aliphatic heterocycles. The molecule has 0 saturated heterocycles. The van der Waals surface area contributed by atoms with Gasteiger partial charge in [-0.05, 0) is 29.9 Å². The van der Waals surface area contributed by atoms with Crippen molar-refractivity contribution in [2.75, 3.05) is 0 Å². The Morgan fingerprint density at radius 1 is 1.31 bits per heavy atom. The van der Waals surface area contributed by atoms with Gasteiger partial charge >= 0.3 is 0 Å². The smallest absolute Gasteiger partial charge is 0.0994 e. The Bertz CT molecular complexity index is 390. The molecule has 0 N–H and O–H groups in total. The summed E-state index contributed by atoms with van der Waals surface area (Å²) in [6.07, 6.45) is 3.97. The van der Waals surface area contributed by atoms with Crippen LogP contribution in [0.3, 0.4) is 0 Å². The van der Waals surface area contributed by atoms with E-state index in [2.05, 4.69) is 32.0 Å². The molecule has 1 rings (SSSR count). The molecule has 1 aromatic carbocycles. The summed E-state index contributed by atoms with van der Waals surface area (Å²) in [6, 6.07) is 10.6.